The maximum Gasteiger partial charge on any atom is 0.224 e. The first-order valence-corrected chi connectivity index (χ1v) is 7.25. The number of carbonyl (C=O) groups is 1. The van der Waals surface area contributed by atoms with Gasteiger partial charge in [0.15, 0.2) is 0 Å². The third-order valence-corrected chi connectivity index (χ3v) is 3.28. The summed E-state index contributed by atoms with van der Waals surface area (Å²) in [5.74, 6) is 0.103. The molecule has 1 amide bonds. The lowest BCUT2D eigenvalue weighted by Gasteiger charge is -2.06. The van der Waals surface area contributed by atoms with Gasteiger partial charge >= 0.3 is 0 Å². The molecule has 104 valence electrons. The number of unbranched alkanes of at least 4 members (excludes halogenated alkanes) is 2. The van der Waals surface area contributed by atoms with Crippen LogP contribution in [0.1, 0.15) is 32.6 Å². The molecule has 0 aromatic heterocycles. The largest absolute Gasteiger partial charge is 0.326 e. The van der Waals surface area contributed by atoms with Crippen LogP contribution in [-0.2, 0) is 4.79 Å². The van der Waals surface area contributed by atoms with Crippen molar-refractivity contribution in [2.45, 2.75) is 32.6 Å². The van der Waals surface area contributed by atoms with E-state index in [2.05, 4.69) is 24.4 Å². The fraction of sp³-hybridized carbons (Fsp3) is 0.278. The van der Waals surface area contributed by atoms with E-state index in [0.717, 1.165) is 30.5 Å². The van der Waals surface area contributed by atoms with Crippen molar-refractivity contribution in [3.05, 3.63) is 54.6 Å². The summed E-state index contributed by atoms with van der Waals surface area (Å²) in [6, 6.07) is 18.2. The second-order valence-corrected chi connectivity index (χ2v) is 4.95. The van der Waals surface area contributed by atoms with Crippen LogP contribution in [0.3, 0.4) is 0 Å². The second kappa shape index (κ2) is 7.49. The maximum absolute atomic E-state index is 11.7. The van der Waals surface area contributed by atoms with Gasteiger partial charge in [0, 0.05) is 12.1 Å². The molecule has 2 nitrogen and oxygen atoms in total. The topological polar surface area (TPSA) is 29.1 Å². The van der Waals surface area contributed by atoms with Gasteiger partial charge in [0.2, 0.25) is 5.91 Å². The highest BCUT2D eigenvalue weighted by Gasteiger charge is 2.02. The first kappa shape index (κ1) is 14.3. The zero-order valence-corrected chi connectivity index (χ0v) is 11.9. The molecule has 0 bridgehead atoms. The minimum atomic E-state index is 0.103. The summed E-state index contributed by atoms with van der Waals surface area (Å²) in [6.07, 6.45) is 3.82. The van der Waals surface area contributed by atoms with Crippen LogP contribution >= 0.6 is 0 Å². The van der Waals surface area contributed by atoms with E-state index < -0.39 is 0 Å². The molecule has 2 rings (SSSR count). The number of benzene rings is 2. The van der Waals surface area contributed by atoms with Crippen LogP contribution in [0, 0.1) is 0 Å². The van der Waals surface area contributed by atoms with Crippen LogP contribution in [0.5, 0.6) is 0 Å². The predicted molar refractivity (Wildman–Crippen MR) is 84.6 cm³/mol. The lowest BCUT2D eigenvalue weighted by molar-refractivity contribution is -0.116. The van der Waals surface area contributed by atoms with Gasteiger partial charge in [-0.1, -0.05) is 62.2 Å². The summed E-state index contributed by atoms with van der Waals surface area (Å²) < 4.78 is 0. The first-order valence-electron chi connectivity index (χ1n) is 7.25. The van der Waals surface area contributed by atoms with Gasteiger partial charge in [0.1, 0.15) is 0 Å². The van der Waals surface area contributed by atoms with Crippen molar-refractivity contribution < 1.29 is 4.79 Å². The van der Waals surface area contributed by atoms with Crippen LogP contribution in [0.2, 0.25) is 0 Å². The van der Waals surface area contributed by atoms with Crippen molar-refractivity contribution in [2.24, 2.45) is 0 Å². The molecule has 0 spiro atoms. The van der Waals surface area contributed by atoms with E-state index in [9.17, 15) is 4.79 Å². The summed E-state index contributed by atoms with van der Waals surface area (Å²) in [5, 5.41) is 2.94. The van der Waals surface area contributed by atoms with E-state index in [1.807, 2.05) is 42.5 Å². The highest BCUT2D eigenvalue weighted by atomic mass is 16.1. The fourth-order valence-corrected chi connectivity index (χ4v) is 2.14. The van der Waals surface area contributed by atoms with E-state index in [-0.39, 0.29) is 5.91 Å². The summed E-state index contributed by atoms with van der Waals surface area (Å²) in [6.45, 7) is 2.14. The number of rotatable bonds is 6. The van der Waals surface area contributed by atoms with Crippen molar-refractivity contribution in [1.82, 2.24) is 0 Å². The van der Waals surface area contributed by atoms with Gasteiger partial charge in [-0.15, -0.1) is 0 Å². The third-order valence-electron chi connectivity index (χ3n) is 3.28. The minimum Gasteiger partial charge on any atom is -0.326 e. The van der Waals surface area contributed by atoms with Crippen molar-refractivity contribution in [3.63, 3.8) is 0 Å². The highest BCUT2D eigenvalue weighted by Crippen LogP contribution is 2.21. The van der Waals surface area contributed by atoms with E-state index in [1.54, 1.807) is 0 Å². The van der Waals surface area contributed by atoms with Gasteiger partial charge in [-0.3, -0.25) is 4.79 Å². The van der Waals surface area contributed by atoms with E-state index >= 15 is 0 Å². The maximum atomic E-state index is 11.7. The predicted octanol–water partition coefficient (Wildman–Crippen LogP) is 4.87. The quantitative estimate of drug-likeness (QED) is 0.743. The minimum absolute atomic E-state index is 0.103. The smallest absolute Gasteiger partial charge is 0.224 e. The summed E-state index contributed by atoms with van der Waals surface area (Å²) in [5.41, 5.74) is 3.22. The number of nitrogens with one attached hydrogen (secondary N) is 1. The van der Waals surface area contributed by atoms with Crippen LogP contribution in [-0.4, -0.2) is 5.91 Å². The summed E-state index contributed by atoms with van der Waals surface area (Å²) in [4.78, 5) is 11.7. The van der Waals surface area contributed by atoms with Crippen LogP contribution in [0.15, 0.2) is 54.6 Å². The van der Waals surface area contributed by atoms with Crippen molar-refractivity contribution in [3.8, 4) is 11.1 Å². The van der Waals surface area contributed by atoms with Crippen molar-refractivity contribution in [2.75, 3.05) is 5.32 Å². The molecule has 0 saturated carbocycles. The Hall–Kier alpha value is -2.09. The molecule has 0 aliphatic carbocycles. The highest BCUT2D eigenvalue weighted by molar-refractivity contribution is 5.90. The molecule has 2 aromatic carbocycles. The Morgan fingerprint density at radius 2 is 1.55 bits per heavy atom. The molecular formula is C18H21NO. The molecule has 20 heavy (non-hydrogen) atoms. The molecule has 0 unspecified atom stereocenters. The number of anilines is 1. The van der Waals surface area contributed by atoms with Gasteiger partial charge in [0.25, 0.3) is 0 Å². The Morgan fingerprint density at radius 3 is 2.20 bits per heavy atom. The van der Waals surface area contributed by atoms with Gasteiger partial charge in [-0.2, -0.15) is 0 Å². The molecule has 0 radical (unpaired) electrons. The zero-order valence-electron chi connectivity index (χ0n) is 11.9. The Kier molecular flexibility index (Phi) is 5.36. The molecule has 0 heterocycles. The molecule has 0 aliphatic heterocycles. The molecule has 1 N–H and O–H groups in total. The molecular weight excluding hydrogens is 246 g/mol. The normalized spacial score (nSPS) is 10.2. The summed E-state index contributed by atoms with van der Waals surface area (Å²) in [7, 11) is 0. The lowest BCUT2D eigenvalue weighted by Crippen LogP contribution is -2.10. The Morgan fingerprint density at radius 1 is 0.900 bits per heavy atom. The summed E-state index contributed by atoms with van der Waals surface area (Å²) >= 11 is 0. The van der Waals surface area contributed by atoms with Crippen LogP contribution in [0.25, 0.3) is 11.1 Å². The Bertz CT molecular complexity index is 531. The van der Waals surface area contributed by atoms with Gasteiger partial charge in [0.05, 0.1) is 0 Å². The van der Waals surface area contributed by atoms with E-state index in [1.165, 1.54) is 5.56 Å². The second-order valence-electron chi connectivity index (χ2n) is 4.95. The molecule has 2 aromatic rings. The first-order chi connectivity index (χ1) is 9.79. The lowest BCUT2D eigenvalue weighted by atomic mass is 10.1. The number of carbonyl (C=O) groups excluding carboxylic acids is 1. The third kappa shape index (κ3) is 4.23. The molecule has 0 aliphatic rings. The van der Waals surface area contributed by atoms with Crippen LogP contribution < -0.4 is 5.32 Å². The molecule has 0 saturated heterocycles. The number of amides is 1. The Balaban J connectivity index is 1.93. The molecule has 0 atom stereocenters. The number of hydrogen-bond acceptors (Lipinski definition) is 1. The van der Waals surface area contributed by atoms with Crippen LogP contribution in [0.4, 0.5) is 5.69 Å². The van der Waals surface area contributed by atoms with E-state index in [0.29, 0.717) is 6.42 Å². The van der Waals surface area contributed by atoms with Gasteiger partial charge in [-0.05, 0) is 29.7 Å². The van der Waals surface area contributed by atoms with E-state index in [4.69, 9.17) is 0 Å². The standard InChI is InChI=1S/C18H21NO/c1-2-3-5-10-18(20)19-17-13-11-16(12-14-17)15-8-6-4-7-9-15/h4,6-9,11-14H,2-3,5,10H2,1H3,(H,19,20). The SMILES string of the molecule is CCCCCC(=O)Nc1ccc(-c2ccccc2)cc1. The monoisotopic (exact) mass is 267 g/mol. The molecule has 2 heteroatoms. The van der Waals surface area contributed by atoms with Gasteiger partial charge in [-0.25, -0.2) is 0 Å². The average Bonchev–Trinajstić information content (AvgIpc) is 2.49. The fourth-order valence-electron chi connectivity index (χ4n) is 2.14. The van der Waals surface area contributed by atoms with Gasteiger partial charge < -0.3 is 5.32 Å². The Labute approximate surface area is 120 Å². The molecule has 0 fully saturated rings. The number of hydrogen-bond donors (Lipinski definition) is 1. The average molecular weight is 267 g/mol. The van der Waals surface area contributed by atoms with Crippen molar-refractivity contribution >= 4 is 11.6 Å². The van der Waals surface area contributed by atoms with Crippen molar-refractivity contribution in [1.29, 1.82) is 0 Å². The zero-order chi connectivity index (χ0) is 14.2.